The lowest BCUT2D eigenvalue weighted by atomic mass is 10.1. The van der Waals surface area contributed by atoms with Crippen molar-refractivity contribution in [3.63, 3.8) is 0 Å². The summed E-state index contributed by atoms with van der Waals surface area (Å²) in [4.78, 5) is 12.7. The first kappa shape index (κ1) is 19.1. The number of aliphatic imine (C=N–C) groups is 1. The summed E-state index contributed by atoms with van der Waals surface area (Å²) in [6.07, 6.45) is 0.934. The van der Waals surface area contributed by atoms with Gasteiger partial charge in [0.2, 0.25) is 0 Å². The molecule has 1 aliphatic heterocycles. The molecule has 1 saturated heterocycles. The van der Waals surface area contributed by atoms with Gasteiger partial charge in [0.05, 0.1) is 23.9 Å². The summed E-state index contributed by atoms with van der Waals surface area (Å²) >= 11 is 1.78. The molecule has 0 spiro atoms. The Balaban J connectivity index is 1.64. The van der Waals surface area contributed by atoms with Crippen molar-refractivity contribution in [1.29, 1.82) is 0 Å². The quantitative estimate of drug-likeness (QED) is 0.574. The monoisotopic (exact) mass is 353 g/mol. The Bertz CT molecular complexity index is 506. The summed E-state index contributed by atoms with van der Waals surface area (Å²) in [5.74, 6) is 1.44. The Morgan fingerprint density at radius 3 is 2.71 bits per heavy atom. The first-order chi connectivity index (χ1) is 11.6. The van der Waals surface area contributed by atoms with Crippen molar-refractivity contribution >= 4 is 17.3 Å². The molecule has 0 amide bonds. The Labute approximate surface area is 149 Å². The van der Waals surface area contributed by atoms with E-state index in [1.807, 2.05) is 7.05 Å². The minimum absolute atomic E-state index is 0.575. The predicted molar refractivity (Wildman–Crippen MR) is 101 cm³/mol. The van der Waals surface area contributed by atoms with Crippen molar-refractivity contribution in [3.05, 3.63) is 15.6 Å². The number of rotatable bonds is 7. The maximum atomic E-state index is 5.40. The van der Waals surface area contributed by atoms with Crippen molar-refractivity contribution in [1.82, 2.24) is 20.5 Å². The number of hydrogen-bond donors (Lipinski definition) is 2. The van der Waals surface area contributed by atoms with Crippen molar-refractivity contribution in [2.75, 3.05) is 53.0 Å². The van der Waals surface area contributed by atoms with Crippen molar-refractivity contribution in [2.24, 2.45) is 10.9 Å². The fraction of sp³-hybridized carbons (Fsp3) is 0.765. The molecule has 0 bridgehead atoms. The highest BCUT2D eigenvalue weighted by Crippen LogP contribution is 2.16. The maximum Gasteiger partial charge on any atom is 0.190 e. The number of nitrogens with zero attached hydrogens (tertiary/aromatic N) is 3. The number of morpholine rings is 1. The van der Waals surface area contributed by atoms with E-state index in [4.69, 9.17) is 4.74 Å². The van der Waals surface area contributed by atoms with Crippen LogP contribution in [0, 0.1) is 19.8 Å². The first-order valence-electron chi connectivity index (χ1n) is 8.76. The molecule has 1 atom stereocenters. The summed E-state index contributed by atoms with van der Waals surface area (Å²) in [6, 6.07) is 0. The minimum atomic E-state index is 0.575. The average molecular weight is 354 g/mol. The van der Waals surface area contributed by atoms with E-state index in [0.717, 1.165) is 64.0 Å². The SMILES string of the molecule is CN=C(NCCc1nc(C)c(C)s1)NCC(C)CN1CCOCC1. The van der Waals surface area contributed by atoms with Gasteiger partial charge in [0.15, 0.2) is 5.96 Å². The molecule has 7 heteroatoms. The highest BCUT2D eigenvalue weighted by Gasteiger charge is 2.14. The third kappa shape index (κ3) is 6.37. The molecular formula is C17H31N5OS. The van der Waals surface area contributed by atoms with Gasteiger partial charge in [-0.15, -0.1) is 11.3 Å². The van der Waals surface area contributed by atoms with Crippen LogP contribution in [0.25, 0.3) is 0 Å². The Kier molecular flexibility index (Phi) is 7.94. The van der Waals surface area contributed by atoms with Gasteiger partial charge in [-0.2, -0.15) is 0 Å². The van der Waals surface area contributed by atoms with Gasteiger partial charge in [-0.3, -0.25) is 9.89 Å². The number of nitrogens with one attached hydrogen (secondary N) is 2. The molecule has 1 aromatic heterocycles. The summed E-state index contributed by atoms with van der Waals surface area (Å²) < 4.78 is 5.40. The molecule has 0 aromatic carbocycles. The van der Waals surface area contributed by atoms with E-state index in [1.165, 1.54) is 9.88 Å². The van der Waals surface area contributed by atoms with Crippen LogP contribution in [0.2, 0.25) is 0 Å². The summed E-state index contributed by atoms with van der Waals surface area (Å²) in [7, 11) is 1.82. The highest BCUT2D eigenvalue weighted by atomic mass is 32.1. The molecule has 0 radical (unpaired) electrons. The highest BCUT2D eigenvalue weighted by molar-refractivity contribution is 7.11. The van der Waals surface area contributed by atoms with E-state index >= 15 is 0 Å². The van der Waals surface area contributed by atoms with Crippen molar-refractivity contribution in [2.45, 2.75) is 27.2 Å². The average Bonchev–Trinajstić information content (AvgIpc) is 2.89. The van der Waals surface area contributed by atoms with E-state index in [1.54, 1.807) is 11.3 Å². The lowest BCUT2D eigenvalue weighted by Crippen LogP contribution is -2.44. The zero-order valence-electron chi connectivity index (χ0n) is 15.4. The van der Waals surface area contributed by atoms with Crippen LogP contribution in [0.5, 0.6) is 0 Å². The van der Waals surface area contributed by atoms with E-state index in [2.05, 4.69) is 46.3 Å². The molecule has 1 unspecified atom stereocenters. The van der Waals surface area contributed by atoms with Gasteiger partial charge >= 0.3 is 0 Å². The third-order valence-corrected chi connectivity index (χ3v) is 5.35. The number of guanidine groups is 1. The molecule has 0 saturated carbocycles. The van der Waals surface area contributed by atoms with Gasteiger partial charge < -0.3 is 15.4 Å². The fourth-order valence-corrected chi connectivity index (χ4v) is 3.65. The molecule has 1 fully saturated rings. The third-order valence-electron chi connectivity index (χ3n) is 4.22. The summed E-state index contributed by atoms with van der Waals surface area (Å²) in [6.45, 7) is 13.2. The normalized spacial score (nSPS) is 17.8. The lowest BCUT2D eigenvalue weighted by Gasteiger charge is -2.29. The molecule has 24 heavy (non-hydrogen) atoms. The van der Waals surface area contributed by atoms with Gasteiger partial charge in [-0.05, 0) is 19.8 Å². The summed E-state index contributed by atoms with van der Waals surface area (Å²) in [5, 5.41) is 7.99. The van der Waals surface area contributed by atoms with E-state index in [0.29, 0.717) is 5.92 Å². The molecule has 2 heterocycles. The fourth-order valence-electron chi connectivity index (χ4n) is 2.71. The molecule has 0 aliphatic carbocycles. The Morgan fingerprint density at radius 2 is 2.08 bits per heavy atom. The number of aromatic nitrogens is 1. The number of thiazole rings is 1. The number of aryl methyl sites for hydroxylation is 2. The van der Waals surface area contributed by atoms with E-state index < -0.39 is 0 Å². The van der Waals surface area contributed by atoms with Crippen LogP contribution in [-0.2, 0) is 11.2 Å². The van der Waals surface area contributed by atoms with Gasteiger partial charge in [0.1, 0.15) is 0 Å². The molecule has 6 nitrogen and oxygen atoms in total. The number of hydrogen-bond acceptors (Lipinski definition) is 5. The standard InChI is InChI=1S/C17H31N5OS/c1-13(12-22-7-9-23-10-8-22)11-20-17(18-4)19-6-5-16-21-14(2)15(3)24-16/h13H,5-12H2,1-4H3,(H2,18,19,20). The van der Waals surface area contributed by atoms with Crippen LogP contribution < -0.4 is 10.6 Å². The summed E-state index contributed by atoms with van der Waals surface area (Å²) in [5.41, 5.74) is 1.15. The second kappa shape index (κ2) is 9.96. The molecule has 2 N–H and O–H groups in total. The van der Waals surface area contributed by atoms with Gasteiger partial charge in [0, 0.05) is 51.1 Å². The molecule has 1 aliphatic rings. The first-order valence-corrected chi connectivity index (χ1v) is 9.57. The van der Waals surface area contributed by atoms with Gasteiger partial charge in [-0.1, -0.05) is 6.92 Å². The minimum Gasteiger partial charge on any atom is -0.379 e. The smallest absolute Gasteiger partial charge is 0.190 e. The lowest BCUT2D eigenvalue weighted by molar-refractivity contribution is 0.0320. The zero-order chi connectivity index (χ0) is 17.4. The predicted octanol–water partition coefficient (Wildman–Crippen LogP) is 1.44. The zero-order valence-corrected chi connectivity index (χ0v) is 16.2. The van der Waals surface area contributed by atoms with Crippen LogP contribution in [0.3, 0.4) is 0 Å². The van der Waals surface area contributed by atoms with Crippen molar-refractivity contribution < 1.29 is 4.74 Å². The van der Waals surface area contributed by atoms with E-state index in [9.17, 15) is 0 Å². The molecule has 136 valence electrons. The second-order valence-electron chi connectivity index (χ2n) is 6.40. The maximum absolute atomic E-state index is 5.40. The van der Waals surface area contributed by atoms with Crippen LogP contribution in [0.15, 0.2) is 4.99 Å². The molecule has 2 rings (SSSR count). The molecule has 1 aromatic rings. The Morgan fingerprint density at radius 1 is 1.33 bits per heavy atom. The second-order valence-corrected chi connectivity index (χ2v) is 7.68. The Hall–Kier alpha value is -1.18. The topological polar surface area (TPSA) is 61.8 Å². The van der Waals surface area contributed by atoms with Crippen molar-refractivity contribution in [3.8, 4) is 0 Å². The van der Waals surface area contributed by atoms with Gasteiger partial charge in [0.25, 0.3) is 0 Å². The largest absolute Gasteiger partial charge is 0.379 e. The van der Waals surface area contributed by atoms with Gasteiger partial charge in [-0.25, -0.2) is 4.98 Å². The van der Waals surface area contributed by atoms with Crippen LogP contribution in [0.4, 0.5) is 0 Å². The molecular weight excluding hydrogens is 322 g/mol. The number of ether oxygens (including phenoxy) is 1. The van der Waals surface area contributed by atoms with Crippen LogP contribution in [-0.4, -0.2) is 68.8 Å². The van der Waals surface area contributed by atoms with Crippen LogP contribution >= 0.6 is 11.3 Å². The van der Waals surface area contributed by atoms with E-state index in [-0.39, 0.29) is 0 Å². The van der Waals surface area contributed by atoms with Crippen LogP contribution in [0.1, 0.15) is 22.5 Å².